The van der Waals surface area contributed by atoms with Gasteiger partial charge in [0.15, 0.2) is 5.76 Å². The molecule has 1 saturated heterocycles. The van der Waals surface area contributed by atoms with Gasteiger partial charge in [0.25, 0.3) is 5.91 Å². The van der Waals surface area contributed by atoms with E-state index in [1.54, 1.807) is 19.1 Å². The molecular weight excluding hydrogens is 329 g/mol. The minimum atomic E-state index is -0.893. The number of benzene rings is 1. The lowest BCUT2D eigenvalue weighted by molar-refractivity contribution is -0.142. The zero-order chi connectivity index (χ0) is 18.0. The SMILES string of the molecule is CC1C(C(=O)O)CCN1C(=O)c1ccc(COc2ccc(F)cc2)o1. The van der Waals surface area contributed by atoms with Crippen molar-refractivity contribution in [2.75, 3.05) is 6.54 Å². The number of furan rings is 1. The Labute approximate surface area is 143 Å². The molecule has 1 N–H and O–H groups in total. The number of carbonyl (C=O) groups is 2. The normalized spacial score (nSPS) is 19.8. The molecule has 132 valence electrons. The fourth-order valence-electron chi connectivity index (χ4n) is 2.95. The maximum Gasteiger partial charge on any atom is 0.308 e. The Hall–Kier alpha value is -2.83. The molecule has 7 heteroatoms. The van der Waals surface area contributed by atoms with E-state index in [9.17, 15) is 14.0 Å². The van der Waals surface area contributed by atoms with Gasteiger partial charge in [-0.2, -0.15) is 0 Å². The van der Waals surface area contributed by atoms with Crippen LogP contribution in [-0.2, 0) is 11.4 Å². The number of rotatable bonds is 5. The molecule has 25 heavy (non-hydrogen) atoms. The highest BCUT2D eigenvalue weighted by molar-refractivity contribution is 5.92. The summed E-state index contributed by atoms with van der Waals surface area (Å²) < 4.78 is 23.8. The quantitative estimate of drug-likeness (QED) is 0.899. The average molecular weight is 347 g/mol. The first kappa shape index (κ1) is 17.0. The summed E-state index contributed by atoms with van der Waals surface area (Å²) in [6.45, 7) is 2.22. The first-order valence-corrected chi connectivity index (χ1v) is 7.96. The minimum absolute atomic E-state index is 0.103. The van der Waals surface area contributed by atoms with Gasteiger partial charge in [0, 0.05) is 12.6 Å². The van der Waals surface area contributed by atoms with Gasteiger partial charge in [-0.3, -0.25) is 9.59 Å². The number of carbonyl (C=O) groups excluding carboxylic acids is 1. The molecule has 3 rings (SSSR count). The van der Waals surface area contributed by atoms with E-state index in [-0.39, 0.29) is 30.1 Å². The summed E-state index contributed by atoms with van der Waals surface area (Å²) >= 11 is 0. The van der Waals surface area contributed by atoms with Crippen LogP contribution < -0.4 is 4.74 Å². The lowest BCUT2D eigenvalue weighted by atomic mass is 10.0. The summed E-state index contributed by atoms with van der Waals surface area (Å²) in [4.78, 5) is 25.2. The molecule has 1 aromatic heterocycles. The van der Waals surface area contributed by atoms with Crippen molar-refractivity contribution in [3.63, 3.8) is 0 Å². The Kier molecular flexibility index (Phi) is 4.74. The molecule has 0 saturated carbocycles. The highest BCUT2D eigenvalue weighted by Crippen LogP contribution is 2.26. The molecule has 1 fully saturated rings. The number of carboxylic acid groups (broad SMARTS) is 1. The van der Waals surface area contributed by atoms with E-state index in [0.717, 1.165) is 0 Å². The molecule has 0 bridgehead atoms. The highest BCUT2D eigenvalue weighted by atomic mass is 19.1. The Morgan fingerprint density at radius 2 is 2.00 bits per heavy atom. The summed E-state index contributed by atoms with van der Waals surface area (Å²) in [6, 6.07) is 8.39. The van der Waals surface area contributed by atoms with Crippen LogP contribution in [0, 0.1) is 11.7 Å². The van der Waals surface area contributed by atoms with Crippen LogP contribution in [0.1, 0.15) is 29.7 Å². The topological polar surface area (TPSA) is 80.0 Å². The number of halogens is 1. The molecule has 1 aliphatic heterocycles. The minimum Gasteiger partial charge on any atom is -0.486 e. The fourth-order valence-corrected chi connectivity index (χ4v) is 2.95. The van der Waals surface area contributed by atoms with Gasteiger partial charge in [-0.25, -0.2) is 4.39 Å². The van der Waals surface area contributed by atoms with Crippen molar-refractivity contribution in [2.24, 2.45) is 5.92 Å². The van der Waals surface area contributed by atoms with Crippen LogP contribution in [0.15, 0.2) is 40.8 Å². The van der Waals surface area contributed by atoms with E-state index in [0.29, 0.717) is 24.5 Å². The Morgan fingerprint density at radius 3 is 2.64 bits per heavy atom. The molecule has 2 heterocycles. The molecule has 2 unspecified atom stereocenters. The molecule has 1 amide bonds. The summed E-state index contributed by atoms with van der Waals surface area (Å²) in [5.74, 6) is -1.04. The average Bonchev–Trinajstić information content (AvgIpc) is 3.20. The van der Waals surface area contributed by atoms with Crippen LogP contribution in [0.3, 0.4) is 0 Å². The van der Waals surface area contributed by atoms with E-state index in [1.165, 1.54) is 29.2 Å². The second-order valence-electron chi connectivity index (χ2n) is 5.98. The summed E-state index contributed by atoms with van der Waals surface area (Å²) in [5.41, 5.74) is 0. The van der Waals surface area contributed by atoms with Gasteiger partial charge in [0.2, 0.25) is 0 Å². The number of hydrogen-bond donors (Lipinski definition) is 1. The number of carboxylic acids is 1. The van der Waals surface area contributed by atoms with Crippen LogP contribution >= 0.6 is 0 Å². The van der Waals surface area contributed by atoms with Crippen LogP contribution in [0.5, 0.6) is 5.75 Å². The monoisotopic (exact) mass is 347 g/mol. The van der Waals surface area contributed by atoms with Crippen molar-refractivity contribution in [1.82, 2.24) is 4.90 Å². The maximum absolute atomic E-state index is 12.8. The lowest BCUT2D eigenvalue weighted by Crippen LogP contribution is -2.37. The summed E-state index contributed by atoms with van der Waals surface area (Å²) in [5, 5.41) is 9.15. The number of hydrogen-bond acceptors (Lipinski definition) is 4. The molecule has 6 nitrogen and oxygen atoms in total. The van der Waals surface area contributed by atoms with Crippen molar-refractivity contribution < 1.29 is 28.2 Å². The van der Waals surface area contributed by atoms with Gasteiger partial charge in [-0.1, -0.05) is 0 Å². The number of likely N-dealkylation sites (tertiary alicyclic amines) is 1. The fraction of sp³-hybridized carbons (Fsp3) is 0.333. The zero-order valence-electron chi connectivity index (χ0n) is 13.6. The van der Waals surface area contributed by atoms with E-state index in [2.05, 4.69) is 0 Å². The molecule has 2 aromatic rings. The number of ether oxygens (including phenoxy) is 1. The van der Waals surface area contributed by atoms with E-state index in [4.69, 9.17) is 14.3 Å². The van der Waals surface area contributed by atoms with Gasteiger partial charge in [-0.15, -0.1) is 0 Å². The Bertz CT molecular complexity index is 770. The molecule has 0 aliphatic carbocycles. The van der Waals surface area contributed by atoms with Crippen LogP contribution in [-0.4, -0.2) is 34.5 Å². The van der Waals surface area contributed by atoms with E-state index in [1.807, 2.05) is 0 Å². The first-order chi connectivity index (χ1) is 12.0. The summed E-state index contributed by atoms with van der Waals surface area (Å²) in [6.07, 6.45) is 0.434. The van der Waals surface area contributed by atoms with Gasteiger partial charge < -0.3 is 19.2 Å². The lowest BCUT2D eigenvalue weighted by Gasteiger charge is -2.22. The second kappa shape index (κ2) is 6.96. The van der Waals surface area contributed by atoms with Gasteiger partial charge in [0.1, 0.15) is 23.9 Å². The number of aliphatic carboxylic acids is 1. The molecular formula is C18H18FNO5. The predicted octanol–water partition coefficient (Wildman–Crippen LogP) is 2.93. The summed E-state index contributed by atoms with van der Waals surface area (Å²) in [7, 11) is 0. The number of nitrogens with zero attached hydrogens (tertiary/aromatic N) is 1. The number of amides is 1. The molecule has 1 aromatic carbocycles. The highest BCUT2D eigenvalue weighted by Gasteiger charge is 2.39. The molecule has 1 aliphatic rings. The zero-order valence-corrected chi connectivity index (χ0v) is 13.6. The third kappa shape index (κ3) is 3.65. The van der Waals surface area contributed by atoms with Crippen molar-refractivity contribution in [3.05, 3.63) is 53.7 Å². The van der Waals surface area contributed by atoms with Crippen molar-refractivity contribution in [2.45, 2.75) is 26.0 Å². The largest absolute Gasteiger partial charge is 0.486 e. The maximum atomic E-state index is 12.8. The third-order valence-electron chi connectivity index (χ3n) is 4.40. The van der Waals surface area contributed by atoms with Crippen LogP contribution in [0.4, 0.5) is 4.39 Å². The molecule has 0 radical (unpaired) electrons. The van der Waals surface area contributed by atoms with E-state index >= 15 is 0 Å². The van der Waals surface area contributed by atoms with Crippen molar-refractivity contribution in [3.8, 4) is 5.75 Å². The van der Waals surface area contributed by atoms with Gasteiger partial charge in [-0.05, 0) is 49.7 Å². The van der Waals surface area contributed by atoms with Gasteiger partial charge in [0.05, 0.1) is 5.92 Å². The van der Waals surface area contributed by atoms with Crippen molar-refractivity contribution >= 4 is 11.9 Å². The molecule has 0 spiro atoms. The predicted molar refractivity (Wildman–Crippen MR) is 85.7 cm³/mol. The Balaban J connectivity index is 1.62. The Morgan fingerprint density at radius 1 is 1.28 bits per heavy atom. The smallest absolute Gasteiger partial charge is 0.308 e. The third-order valence-corrected chi connectivity index (χ3v) is 4.40. The standard InChI is InChI=1S/C18H18FNO5/c1-11-15(18(22)23)8-9-20(11)17(21)16-7-6-14(25-16)10-24-13-4-2-12(19)3-5-13/h2-7,11,15H,8-10H2,1H3,(H,22,23). The van der Waals surface area contributed by atoms with E-state index < -0.39 is 11.9 Å². The van der Waals surface area contributed by atoms with Crippen LogP contribution in [0.2, 0.25) is 0 Å². The van der Waals surface area contributed by atoms with Crippen LogP contribution in [0.25, 0.3) is 0 Å². The van der Waals surface area contributed by atoms with Gasteiger partial charge >= 0.3 is 5.97 Å². The molecule has 2 atom stereocenters. The van der Waals surface area contributed by atoms with Crippen molar-refractivity contribution in [1.29, 1.82) is 0 Å². The first-order valence-electron chi connectivity index (χ1n) is 7.96. The second-order valence-corrected chi connectivity index (χ2v) is 5.98.